The van der Waals surface area contributed by atoms with Crippen LogP contribution < -0.4 is 5.32 Å². The van der Waals surface area contributed by atoms with E-state index in [-0.39, 0.29) is 0 Å². The van der Waals surface area contributed by atoms with E-state index in [0.29, 0.717) is 12.3 Å². The molecule has 0 aliphatic heterocycles. The van der Waals surface area contributed by atoms with Gasteiger partial charge in [-0.3, -0.25) is 4.18 Å². The zero-order chi connectivity index (χ0) is 14.5. The molecule has 0 aromatic carbocycles. The molecule has 1 aliphatic carbocycles. The molecule has 0 bridgehead atoms. The molecule has 0 spiro atoms. The average molecular weight is 293 g/mol. The van der Waals surface area contributed by atoms with Crippen LogP contribution in [0.4, 0.5) is 4.79 Å². The summed E-state index contributed by atoms with van der Waals surface area (Å²) in [6.45, 7) is 1.59. The Kier molecular flexibility index (Phi) is 6.06. The zero-order valence-electron chi connectivity index (χ0n) is 11.5. The van der Waals surface area contributed by atoms with Gasteiger partial charge in [0, 0.05) is 0 Å². The van der Waals surface area contributed by atoms with E-state index in [4.69, 9.17) is 9.29 Å². The summed E-state index contributed by atoms with van der Waals surface area (Å²) >= 11 is 0. The normalized spacial score (nSPS) is 20.7. The summed E-state index contributed by atoms with van der Waals surface area (Å²) in [6, 6.07) is -0.490. The van der Waals surface area contributed by atoms with Crippen molar-refractivity contribution in [3.8, 4) is 0 Å². The van der Waals surface area contributed by atoms with Crippen LogP contribution in [0.3, 0.4) is 0 Å². The fourth-order valence-corrected chi connectivity index (χ4v) is 3.34. The lowest BCUT2D eigenvalue weighted by molar-refractivity contribution is 0.137. The highest BCUT2D eigenvalue weighted by atomic mass is 32.2. The molecule has 0 aromatic heterocycles. The van der Waals surface area contributed by atoms with Crippen LogP contribution in [-0.2, 0) is 14.3 Å². The molecule has 2 N–H and O–H groups in total. The van der Waals surface area contributed by atoms with Crippen molar-refractivity contribution < 1.29 is 22.5 Å². The highest BCUT2D eigenvalue weighted by Gasteiger charge is 2.27. The molecule has 7 heteroatoms. The van der Waals surface area contributed by atoms with Crippen LogP contribution in [-0.4, -0.2) is 38.0 Å². The van der Waals surface area contributed by atoms with Crippen molar-refractivity contribution in [2.24, 2.45) is 5.92 Å². The fourth-order valence-electron chi connectivity index (χ4n) is 2.65. The molecule has 0 saturated heterocycles. The molecule has 0 aromatic rings. The van der Waals surface area contributed by atoms with Crippen molar-refractivity contribution in [2.75, 3.05) is 6.26 Å². The molecule has 1 fully saturated rings. The van der Waals surface area contributed by atoms with E-state index < -0.39 is 28.4 Å². The Balaban J connectivity index is 2.61. The van der Waals surface area contributed by atoms with E-state index in [9.17, 15) is 13.2 Å². The van der Waals surface area contributed by atoms with Crippen molar-refractivity contribution in [2.45, 2.75) is 57.6 Å². The maximum absolute atomic E-state index is 11.1. The summed E-state index contributed by atoms with van der Waals surface area (Å²) in [4.78, 5) is 10.8. The molecule has 0 radical (unpaired) electrons. The number of hydrogen-bond donors (Lipinski definition) is 2. The fraction of sp³-hybridized carbons (Fsp3) is 0.917. The topological polar surface area (TPSA) is 92.7 Å². The third-order valence-electron chi connectivity index (χ3n) is 3.51. The van der Waals surface area contributed by atoms with Crippen LogP contribution in [0.15, 0.2) is 0 Å². The quantitative estimate of drug-likeness (QED) is 0.730. The van der Waals surface area contributed by atoms with E-state index in [0.717, 1.165) is 31.9 Å². The monoisotopic (exact) mass is 293 g/mol. The van der Waals surface area contributed by atoms with Gasteiger partial charge in [-0.05, 0) is 19.3 Å². The van der Waals surface area contributed by atoms with Crippen molar-refractivity contribution in [1.29, 1.82) is 0 Å². The Morgan fingerprint density at radius 2 is 1.95 bits per heavy atom. The number of carboxylic acid groups (broad SMARTS) is 1. The lowest BCUT2D eigenvalue weighted by atomic mass is 9.84. The second-order valence-electron chi connectivity index (χ2n) is 5.30. The van der Waals surface area contributed by atoms with Gasteiger partial charge in [-0.2, -0.15) is 8.42 Å². The summed E-state index contributed by atoms with van der Waals surface area (Å²) in [5.74, 6) is 0.441. The number of hydrogen-bond acceptors (Lipinski definition) is 4. The van der Waals surface area contributed by atoms with Gasteiger partial charge < -0.3 is 10.4 Å². The van der Waals surface area contributed by atoms with Crippen LogP contribution in [0.25, 0.3) is 0 Å². The van der Waals surface area contributed by atoms with E-state index in [2.05, 4.69) is 5.32 Å². The summed E-state index contributed by atoms with van der Waals surface area (Å²) in [5, 5.41) is 11.2. The zero-order valence-corrected chi connectivity index (χ0v) is 12.3. The average Bonchev–Trinajstić information content (AvgIpc) is 2.26. The standard InChI is InChI=1S/C12H23NO5S/c1-9(18-19(2,16)17)11(13-12(14)15)8-10-6-4-3-5-7-10/h9-11,13H,3-8H2,1-2H3,(H,14,15)/t9-,11+/m1/s1. The van der Waals surface area contributed by atoms with Crippen LogP contribution >= 0.6 is 0 Å². The van der Waals surface area contributed by atoms with Gasteiger partial charge in [-0.1, -0.05) is 32.1 Å². The molecule has 1 saturated carbocycles. The minimum atomic E-state index is -3.58. The summed E-state index contributed by atoms with van der Waals surface area (Å²) in [5.41, 5.74) is 0. The predicted octanol–water partition coefficient (Wildman–Crippen LogP) is 1.96. The van der Waals surface area contributed by atoms with Crippen molar-refractivity contribution in [3.63, 3.8) is 0 Å². The third-order valence-corrected chi connectivity index (χ3v) is 4.17. The van der Waals surface area contributed by atoms with Gasteiger partial charge in [0.1, 0.15) is 0 Å². The summed E-state index contributed by atoms with van der Waals surface area (Å²) in [6.07, 6.45) is 5.45. The van der Waals surface area contributed by atoms with Gasteiger partial charge in [0.15, 0.2) is 0 Å². The number of carbonyl (C=O) groups is 1. The number of rotatable bonds is 6. The van der Waals surface area contributed by atoms with E-state index in [1.807, 2.05) is 0 Å². The number of nitrogens with one attached hydrogen (secondary N) is 1. The van der Waals surface area contributed by atoms with Gasteiger partial charge >= 0.3 is 6.09 Å². The second-order valence-corrected chi connectivity index (χ2v) is 6.90. The second kappa shape index (κ2) is 7.09. The SMILES string of the molecule is C[C@@H](OS(C)(=O)=O)[C@H](CC1CCCCC1)NC(=O)O. The third kappa shape index (κ3) is 6.77. The van der Waals surface area contributed by atoms with Crippen LogP contribution in [0.5, 0.6) is 0 Å². The summed E-state index contributed by atoms with van der Waals surface area (Å²) in [7, 11) is -3.58. The smallest absolute Gasteiger partial charge is 0.404 e. The van der Waals surface area contributed by atoms with Gasteiger partial charge in [0.05, 0.1) is 18.4 Å². The van der Waals surface area contributed by atoms with Crippen LogP contribution in [0.1, 0.15) is 45.4 Å². The first kappa shape index (κ1) is 16.2. The lowest BCUT2D eigenvalue weighted by Gasteiger charge is -2.29. The molecule has 6 nitrogen and oxygen atoms in total. The maximum Gasteiger partial charge on any atom is 0.404 e. The van der Waals surface area contributed by atoms with Gasteiger partial charge in [0.2, 0.25) is 0 Å². The first-order chi connectivity index (χ1) is 8.78. The Bertz CT molecular complexity index is 389. The maximum atomic E-state index is 11.1. The molecule has 1 amide bonds. The van der Waals surface area contributed by atoms with Crippen LogP contribution in [0, 0.1) is 5.92 Å². The van der Waals surface area contributed by atoms with Crippen molar-refractivity contribution >= 4 is 16.2 Å². The van der Waals surface area contributed by atoms with E-state index in [1.54, 1.807) is 6.92 Å². The van der Waals surface area contributed by atoms with Gasteiger partial charge in [0.25, 0.3) is 10.1 Å². The molecule has 0 heterocycles. The molecule has 2 atom stereocenters. The molecular weight excluding hydrogens is 270 g/mol. The van der Waals surface area contributed by atoms with Gasteiger partial charge in [-0.15, -0.1) is 0 Å². The van der Waals surface area contributed by atoms with Crippen LogP contribution in [0.2, 0.25) is 0 Å². The Morgan fingerprint density at radius 3 is 2.42 bits per heavy atom. The highest BCUT2D eigenvalue weighted by Crippen LogP contribution is 2.28. The minimum Gasteiger partial charge on any atom is -0.465 e. The Hall–Kier alpha value is -0.820. The van der Waals surface area contributed by atoms with Gasteiger partial charge in [-0.25, -0.2) is 4.79 Å². The van der Waals surface area contributed by atoms with Crippen molar-refractivity contribution in [3.05, 3.63) is 0 Å². The molecule has 19 heavy (non-hydrogen) atoms. The largest absolute Gasteiger partial charge is 0.465 e. The lowest BCUT2D eigenvalue weighted by Crippen LogP contribution is -2.44. The molecule has 1 rings (SSSR count). The first-order valence-corrected chi connectivity index (χ1v) is 8.47. The molecule has 1 aliphatic rings. The summed E-state index contributed by atoms with van der Waals surface area (Å²) < 4.78 is 27.1. The molecule has 0 unspecified atom stereocenters. The first-order valence-electron chi connectivity index (χ1n) is 6.65. The molecular formula is C12H23NO5S. The predicted molar refractivity (Wildman–Crippen MR) is 71.5 cm³/mol. The number of amides is 1. The highest BCUT2D eigenvalue weighted by molar-refractivity contribution is 7.86. The minimum absolute atomic E-state index is 0.441. The molecule has 112 valence electrons. The van der Waals surface area contributed by atoms with Crippen molar-refractivity contribution in [1.82, 2.24) is 5.32 Å². The Labute approximate surface area is 114 Å². The Morgan fingerprint density at radius 1 is 1.37 bits per heavy atom. The van der Waals surface area contributed by atoms with E-state index >= 15 is 0 Å². The van der Waals surface area contributed by atoms with E-state index in [1.165, 1.54) is 6.42 Å².